The third-order valence-corrected chi connectivity index (χ3v) is 4.35. The molecule has 104 valence electrons. The van der Waals surface area contributed by atoms with Crippen LogP contribution in [0.2, 0.25) is 0 Å². The lowest BCUT2D eigenvalue weighted by Gasteiger charge is -2.04. The summed E-state index contributed by atoms with van der Waals surface area (Å²) in [6, 6.07) is 20.0. The molecule has 0 aliphatic heterocycles. The fourth-order valence-electron chi connectivity index (χ4n) is 2.13. The maximum atomic E-state index is 11.2. The Hall–Kier alpha value is -2.13. The fraction of sp³-hybridized carbons (Fsp3) is 0.111. The normalized spacial score (nSPS) is 10.7. The Morgan fingerprint density at radius 1 is 1.00 bits per heavy atom. The molecule has 0 saturated heterocycles. The molecule has 1 heterocycles. The predicted octanol–water partition coefficient (Wildman–Crippen LogP) is 4.73. The number of fused-ring (bicyclic) bond motifs is 1. The Morgan fingerprint density at radius 2 is 1.76 bits per heavy atom. The van der Waals surface area contributed by atoms with Gasteiger partial charge < -0.3 is 0 Å². The molecule has 0 aliphatic rings. The van der Waals surface area contributed by atoms with Gasteiger partial charge in [-0.05, 0) is 31.2 Å². The molecule has 0 unspecified atom stereocenters. The first-order valence-corrected chi connectivity index (χ1v) is 7.79. The van der Waals surface area contributed by atoms with E-state index in [9.17, 15) is 4.79 Å². The highest BCUT2D eigenvalue weighted by Gasteiger charge is 2.02. The van der Waals surface area contributed by atoms with Gasteiger partial charge in [0.2, 0.25) is 0 Å². The minimum Gasteiger partial charge on any atom is -0.295 e. The van der Waals surface area contributed by atoms with Crippen molar-refractivity contribution in [2.45, 2.75) is 17.6 Å². The Labute approximate surface area is 128 Å². The van der Waals surface area contributed by atoms with Gasteiger partial charge in [0.05, 0.1) is 11.2 Å². The van der Waals surface area contributed by atoms with E-state index in [1.54, 1.807) is 18.7 Å². The zero-order valence-electron chi connectivity index (χ0n) is 11.7. The number of aromatic nitrogens is 1. The summed E-state index contributed by atoms with van der Waals surface area (Å²) in [5, 5.41) is 1.16. The number of thioether (sulfide) groups is 1. The number of nitrogens with zero attached hydrogens (tertiary/aromatic N) is 1. The average Bonchev–Trinajstić information content (AvgIpc) is 2.53. The Bertz CT molecular complexity index is 781. The van der Waals surface area contributed by atoms with Gasteiger partial charge >= 0.3 is 0 Å². The molecule has 0 atom stereocenters. The first kappa shape index (κ1) is 13.8. The van der Waals surface area contributed by atoms with Crippen LogP contribution in [0.4, 0.5) is 0 Å². The first-order valence-electron chi connectivity index (χ1n) is 6.81. The molecule has 0 aliphatic carbocycles. The lowest BCUT2D eigenvalue weighted by Crippen LogP contribution is -1.91. The van der Waals surface area contributed by atoms with Crippen LogP contribution >= 0.6 is 11.8 Å². The summed E-state index contributed by atoms with van der Waals surface area (Å²) in [7, 11) is 0. The van der Waals surface area contributed by atoms with Crippen LogP contribution in [0, 0.1) is 0 Å². The minimum absolute atomic E-state index is 0.0998. The molecule has 0 saturated carbocycles. The van der Waals surface area contributed by atoms with Crippen LogP contribution in [0.25, 0.3) is 10.9 Å². The number of hydrogen-bond acceptors (Lipinski definition) is 3. The second-order valence-electron chi connectivity index (χ2n) is 4.86. The highest BCUT2D eigenvalue weighted by molar-refractivity contribution is 7.98. The lowest BCUT2D eigenvalue weighted by atomic mass is 10.2. The summed E-state index contributed by atoms with van der Waals surface area (Å²) >= 11 is 1.73. The highest BCUT2D eigenvalue weighted by Crippen LogP contribution is 2.23. The van der Waals surface area contributed by atoms with Crippen molar-refractivity contribution in [2.24, 2.45) is 0 Å². The molecule has 21 heavy (non-hydrogen) atoms. The van der Waals surface area contributed by atoms with Crippen LogP contribution in [0.3, 0.4) is 0 Å². The van der Waals surface area contributed by atoms with E-state index < -0.39 is 0 Å². The molecule has 0 N–H and O–H groups in total. The van der Waals surface area contributed by atoms with E-state index in [0.717, 1.165) is 32.8 Å². The summed E-state index contributed by atoms with van der Waals surface area (Å²) in [4.78, 5) is 17.1. The molecule has 2 aromatic carbocycles. The molecule has 0 radical (unpaired) electrons. The number of ketones is 1. The topological polar surface area (TPSA) is 30.0 Å². The van der Waals surface area contributed by atoms with E-state index in [4.69, 9.17) is 0 Å². The van der Waals surface area contributed by atoms with Crippen molar-refractivity contribution in [1.29, 1.82) is 0 Å². The summed E-state index contributed by atoms with van der Waals surface area (Å²) in [5.74, 6) is 0.923. The van der Waals surface area contributed by atoms with Gasteiger partial charge in [-0.15, -0.1) is 11.8 Å². The van der Waals surface area contributed by atoms with Gasteiger partial charge in [-0.1, -0.05) is 36.4 Å². The molecular weight excluding hydrogens is 278 g/mol. The second-order valence-corrected chi connectivity index (χ2v) is 5.91. The van der Waals surface area contributed by atoms with E-state index in [-0.39, 0.29) is 5.78 Å². The minimum atomic E-state index is 0.0998. The van der Waals surface area contributed by atoms with Crippen LogP contribution in [-0.2, 0) is 5.75 Å². The van der Waals surface area contributed by atoms with Crippen LogP contribution in [0.15, 0.2) is 65.6 Å². The monoisotopic (exact) mass is 293 g/mol. The summed E-state index contributed by atoms with van der Waals surface area (Å²) in [5.41, 5.74) is 2.85. The Kier molecular flexibility index (Phi) is 4.02. The van der Waals surface area contributed by atoms with Crippen LogP contribution in [-0.4, -0.2) is 10.8 Å². The Morgan fingerprint density at radius 3 is 2.52 bits per heavy atom. The van der Waals surface area contributed by atoms with Crippen molar-refractivity contribution >= 4 is 28.4 Å². The third-order valence-electron chi connectivity index (χ3n) is 3.30. The zero-order valence-corrected chi connectivity index (χ0v) is 12.6. The smallest absolute Gasteiger partial charge is 0.159 e. The van der Waals surface area contributed by atoms with Gasteiger partial charge in [0, 0.05) is 21.6 Å². The van der Waals surface area contributed by atoms with E-state index in [2.05, 4.69) is 23.2 Å². The molecular formula is C18H15NOS. The van der Waals surface area contributed by atoms with E-state index in [0.29, 0.717) is 0 Å². The zero-order chi connectivity index (χ0) is 14.7. The molecule has 0 fully saturated rings. The van der Waals surface area contributed by atoms with E-state index in [1.807, 2.05) is 42.5 Å². The fourth-order valence-corrected chi connectivity index (χ4v) is 2.94. The molecule has 0 amide bonds. The summed E-state index contributed by atoms with van der Waals surface area (Å²) < 4.78 is 0. The lowest BCUT2D eigenvalue weighted by molar-refractivity contribution is 0.101. The highest BCUT2D eigenvalue weighted by atomic mass is 32.2. The number of para-hydroxylation sites is 1. The van der Waals surface area contributed by atoms with Crippen LogP contribution < -0.4 is 0 Å². The molecule has 0 bridgehead atoms. The number of carbonyl (C=O) groups excluding carboxylic acids is 1. The van der Waals surface area contributed by atoms with Crippen molar-refractivity contribution in [3.8, 4) is 0 Å². The van der Waals surface area contributed by atoms with Crippen molar-refractivity contribution in [1.82, 2.24) is 4.98 Å². The number of benzene rings is 2. The predicted molar refractivity (Wildman–Crippen MR) is 87.8 cm³/mol. The molecule has 2 nitrogen and oxygen atoms in total. The van der Waals surface area contributed by atoms with Crippen LogP contribution in [0.1, 0.15) is 23.0 Å². The van der Waals surface area contributed by atoms with Crippen molar-refractivity contribution in [3.05, 3.63) is 71.9 Å². The second kappa shape index (κ2) is 6.10. The number of Topliss-reactive ketones (excluding diaryl/α,β-unsaturated/α-hetero) is 1. The SMILES string of the molecule is CC(=O)c1ccc(SCc2ccc3ccccc3n2)cc1. The molecule has 1 aromatic heterocycles. The van der Waals surface area contributed by atoms with E-state index in [1.165, 1.54) is 0 Å². The average molecular weight is 293 g/mol. The van der Waals surface area contributed by atoms with Gasteiger partial charge in [-0.25, -0.2) is 0 Å². The third kappa shape index (κ3) is 3.31. The van der Waals surface area contributed by atoms with Crippen molar-refractivity contribution in [3.63, 3.8) is 0 Å². The number of hydrogen-bond donors (Lipinski definition) is 0. The molecule has 3 aromatic rings. The number of rotatable bonds is 4. The van der Waals surface area contributed by atoms with Gasteiger partial charge in [0.25, 0.3) is 0 Å². The van der Waals surface area contributed by atoms with Crippen LogP contribution in [0.5, 0.6) is 0 Å². The standard InChI is InChI=1S/C18H15NOS/c1-13(20)14-7-10-17(11-8-14)21-12-16-9-6-15-4-2-3-5-18(15)19-16/h2-11H,12H2,1H3. The number of carbonyl (C=O) groups is 1. The first-order chi connectivity index (χ1) is 10.2. The van der Waals surface area contributed by atoms with E-state index >= 15 is 0 Å². The van der Waals surface area contributed by atoms with Gasteiger partial charge in [0.1, 0.15) is 0 Å². The van der Waals surface area contributed by atoms with Gasteiger partial charge in [0.15, 0.2) is 5.78 Å². The van der Waals surface area contributed by atoms with Gasteiger partial charge in [-0.2, -0.15) is 0 Å². The van der Waals surface area contributed by atoms with Crippen molar-refractivity contribution < 1.29 is 4.79 Å². The molecule has 3 rings (SSSR count). The summed E-state index contributed by atoms with van der Waals surface area (Å²) in [6.07, 6.45) is 0. The quantitative estimate of drug-likeness (QED) is 0.514. The summed E-state index contributed by atoms with van der Waals surface area (Å²) in [6.45, 7) is 1.58. The number of pyridine rings is 1. The van der Waals surface area contributed by atoms with Gasteiger partial charge in [-0.3, -0.25) is 9.78 Å². The maximum Gasteiger partial charge on any atom is 0.159 e. The maximum absolute atomic E-state index is 11.2. The van der Waals surface area contributed by atoms with Crippen molar-refractivity contribution in [2.75, 3.05) is 0 Å². The molecule has 3 heteroatoms. The molecule has 0 spiro atoms. The largest absolute Gasteiger partial charge is 0.295 e. The Balaban J connectivity index is 1.72.